The van der Waals surface area contributed by atoms with Crippen LogP contribution in [0.25, 0.3) is 0 Å². The van der Waals surface area contributed by atoms with Crippen molar-refractivity contribution in [2.24, 2.45) is 11.8 Å². The van der Waals surface area contributed by atoms with Crippen LogP contribution in [0.2, 0.25) is 0 Å². The van der Waals surface area contributed by atoms with Gasteiger partial charge in [0, 0.05) is 19.2 Å². The SMILES string of the molecule is COc1ccnc(C(=O)N[C@H]2CCC[C@H](Cc3ccccc3)[C@@H](C)[C@H](C)OC2=O)c1OC(C)=O. The van der Waals surface area contributed by atoms with Gasteiger partial charge < -0.3 is 19.5 Å². The van der Waals surface area contributed by atoms with Gasteiger partial charge in [0.05, 0.1) is 7.11 Å². The van der Waals surface area contributed by atoms with Gasteiger partial charge in [-0.2, -0.15) is 0 Å². The Morgan fingerprint density at radius 3 is 2.56 bits per heavy atom. The number of methoxy groups -OCH3 is 1. The molecule has 8 nitrogen and oxygen atoms in total. The summed E-state index contributed by atoms with van der Waals surface area (Å²) in [4.78, 5) is 41.6. The van der Waals surface area contributed by atoms with Crippen molar-refractivity contribution in [2.75, 3.05) is 7.11 Å². The molecule has 34 heavy (non-hydrogen) atoms. The summed E-state index contributed by atoms with van der Waals surface area (Å²) < 4.78 is 16.1. The number of nitrogens with zero attached hydrogens (tertiary/aromatic N) is 1. The van der Waals surface area contributed by atoms with Gasteiger partial charge in [0.25, 0.3) is 5.91 Å². The number of pyridine rings is 1. The number of benzene rings is 1. The molecule has 0 aliphatic carbocycles. The molecule has 3 rings (SSSR count). The average Bonchev–Trinajstić information content (AvgIpc) is 2.86. The zero-order valence-electron chi connectivity index (χ0n) is 20.1. The van der Waals surface area contributed by atoms with Gasteiger partial charge in [-0.25, -0.2) is 9.78 Å². The van der Waals surface area contributed by atoms with Crippen LogP contribution in [0.5, 0.6) is 11.5 Å². The van der Waals surface area contributed by atoms with Crippen LogP contribution < -0.4 is 14.8 Å². The van der Waals surface area contributed by atoms with Crippen molar-refractivity contribution in [3.8, 4) is 11.5 Å². The zero-order chi connectivity index (χ0) is 24.7. The molecular weight excluding hydrogens is 436 g/mol. The lowest BCUT2D eigenvalue weighted by atomic mass is 9.81. The van der Waals surface area contributed by atoms with Crippen LogP contribution in [-0.4, -0.2) is 42.1 Å². The largest absolute Gasteiger partial charge is 0.493 e. The van der Waals surface area contributed by atoms with E-state index in [1.54, 1.807) is 0 Å². The summed E-state index contributed by atoms with van der Waals surface area (Å²) in [5.41, 5.74) is 1.12. The van der Waals surface area contributed by atoms with E-state index in [0.717, 1.165) is 19.3 Å². The van der Waals surface area contributed by atoms with E-state index in [4.69, 9.17) is 14.2 Å². The Balaban J connectivity index is 1.75. The third-order valence-electron chi connectivity index (χ3n) is 6.33. The van der Waals surface area contributed by atoms with Crippen LogP contribution in [0.1, 0.15) is 56.1 Å². The smallest absolute Gasteiger partial charge is 0.328 e. The molecule has 182 valence electrons. The Hall–Kier alpha value is -3.42. The molecule has 2 heterocycles. The number of aromatic nitrogens is 1. The van der Waals surface area contributed by atoms with Crippen LogP contribution >= 0.6 is 0 Å². The van der Waals surface area contributed by atoms with E-state index >= 15 is 0 Å². The molecule has 0 unspecified atom stereocenters. The Morgan fingerprint density at radius 1 is 1.15 bits per heavy atom. The van der Waals surface area contributed by atoms with E-state index in [-0.39, 0.29) is 29.2 Å². The summed E-state index contributed by atoms with van der Waals surface area (Å²) in [6.45, 7) is 5.22. The van der Waals surface area contributed by atoms with Crippen molar-refractivity contribution >= 4 is 17.8 Å². The fraction of sp³-hybridized carbons (Fsp3) is 0.462. The van der Waals surface area contributed by atoms with Crippen LogP contribution in [-0.2, 0) is 20.7 Å². The van der Waals surface area contributed by atoms with Gasteiger partial charge in [-0.1, -0.05) is 43.7 Å². The van der Waals surface area contributed by atoms with Gasteiger partial charge in [-0.15, -0.1) is 0 Å². The number of amides is 1. The summed E-state index contributed by atoms with van der Waals surface area (Å²) in [6, 6.07) is 10.9. The molecular formula is C26H32N2O6. The zero-order valence-corrected chi connectivity index (χ0v) is 20.1. The first kappa shape index (κ1) is 25.2. The Labute approximate surface area is 200 Å². The molecule has 1 saturated heterocycles. The number of hydrogen-bond donors (Lipinski definition) is 1. The quantitative estimate of drug-likeness (QED) is 0.644. The lowest BCUT2D eigenvalue weighted by Gasteiger charge is -2.28. The maximum absolute atomic E-state index is 13.0. The number of esters is 2. The van der Waals surface area contributed by atoms with Gasteiger partial charge in [-0.05, 0) is 43.6 Å². The normalized spacial score (nSPS) is 23.0. The molecule has 1 fully saturated rings. The van der Waals surface area contributed by atoms with E-state index in [0.29, 0.717) is 12.3 Å². The first-order valence-electron chi connectivity index (χ1n) is 11.6. The molecule has 0 bridgehead atoms. The molecule has 1 amide bonds. The average molecular weight is 469 g/mol. The first-order chi connectivity index (χ1) is 16.3. The molecule has 1 aromatic carbocycles. The third-order valence-corrected chi connectivity index (χ3v) is 6.33. The maximum Gasteiger partial charge on any atom is 0.328 e. The molecule has 1 aromatic heterocycles. The second kappa shape index (κ2) is 11.6. The first-order valence-corrected chi connectivity index (χ1v) is 11.6. The minimum absolute atomic E-state index is 0.0867. The highest BCUT2D eigenvalue weighted by atomic mass is 16.6. The van der Waals surface area contributed by atoms with E-state index < -0.39 is 23.9 Å². The topological polar surface area (TPSA) is 104 Å². The molecule has 1 aliphatic rings. The number of carbonyl (C=O) groups excluding carboxylic acids is 3. The lowest BCUT2D eigenvalue weighted by molar-refractivity contribution is -0.153. The number of rotatable bonds is 6. The van der Waals surface area contributed by atoms with Crippen molar-refractivity contribution in [1.29, 1.82) is 0 Å². The lowest BCUT2D eigenvalue weighted by Crippen LogP contribution is -2.43. The Kier molecular flexibility index (Phi) is 8.62. The number of carbonyl (C=O) groups is 3. The fourth-order valence-electron chi connectivity index (χ4n) is 4.28. The van der Waals surface area contributed by atoms with Crippen molar-refractivity contribution in [3.63, 3.8) is 0 Å². The van der Waals surface area contributed by atoms with Gasteiger partial charge >= 0.3 is 11.9 Å². The highest BCUT2D eigenvalue weighted by Crippen LogP contribution is 2.31. The van der Waals surface area contributed by atoms with Crippen molar-refractivity contribution in [3.05, 3.63) is 53.9 Å². The summed E-state index contributed by atoms with van der Waals surface area (Å²) >= 11 is 0. The van der Waals surface area contributed by atoms with E-state index in [1.165, 1.54) is 31.9 Å². The van der Waals surface area contributed by atoms with Crippen LogP contribution in [0.4, 0.5) is 0 Å². The monoisotopic (exact) mass is 468 g/mol. The van der Waals surface area contributed by atoms with Gasteiger partial charge in [0.2, 0.25) is 5.75 Å². The molecule has 1 N–H and O–H groups in total. The predicted molar refractivity (Wildman–Crippen MR) is 126 cm³/mol. The van der Waals surface area contributed by atoms with Crippen LogP contribution in [0.3, 0.4) is 0 Å². The summed E-state index contributed by atoms with van der Waals surface area (Å²) in [5, 5.41) is 2.72. The van der Waals surface area contributed by atoms with Crippen molar-refractivity contribution in [2.45, 2.75) is 58.6 Å². The molecule has 8 heteroatoms. The molecule has 4 atom stereocenters. The molecule has 0 saturated carbocycles. The highest BCUT2D eigenvalue weighted by molar-refractivity contribution is 5.98. The van der Waals surface area contributed by atoms with Gasteiger partial charge in [0.1, 0.15) is 12.1 Å². The van der Waals surface area contributed by atoms with Gasteiger partial charge in [-0.3, -0.25) is 9.59 Å². The third kappa shape index (κ3) is 6.34. The number of cyclic esters (lactones) is 1. The second-order valence-corrected chi connectivity index (χ2v) is 8.69. The summed E-state index contributed by atoms with van der Waals surface area (Å²) in [5.74, 6) is -1.13. The molecule has 0 spiro atoms. The van der Waals surface area contributed by atoms with E-state index in [2.05, 4.69) is 29.4 Å². The van der Waals surface area contributed by atoms with Crippen molar-refractivity contribution < 1.29 is 28.6 Å². The van der Waals surface area contributed by atoms with Crippen LogP contribution in [0, 0.1) is 11.8 Å². The van der Waals surface area contributed by atoms with Crippen molar-refractivity contribution in [1.82, 2.24) is 10.3 Å². The number of hydrogen-bond acceptors (Lipinski definition) is 7. The minimum Gasteiger partial charge on any atom is -0.493 e. The second-order valence-electron chi connectivity index (χ2n) is 8.69. The van der Waals surface area contributed by atoms with E-state index in [9.17, 15) is 14.4 Å². The Morgan fingerprint density at radius 2 is 1.88 bits per heavy atom. The van der Waals surface area contributed by atoms with Gasteiger partial charge in [0.15, 0.2) is 11.4 Å². The number of nitrogens with one attached hydrogen (secondary N) is 1. The Bertz CT molecular complexity index is 1010. The fourth-order valence-corrected chi connectivity index (χ4v) is 4.28. The molecule has 0 radical (unpaired) electrons. The minimum atomic E-state index is -0.837. The predicted octanol–water partition coefficient (Wildman–Crippen LogP) is 3.72. The summed E-state index contributed by atoms with van der Waals surface area (Å²) in [6.07, 6.45) is 4.06. The number of ether oxygens (including phenoxy) is 3. The van der Waals surface area contributed by atoms with E-state index in [1.807, 2.05) is 25.1 Å². The standard InChI is InChI=1S/C26H32N2O6/c1-16-17(2)33-26(31)21(12-8-11-20(16)15-19-9-6-5-7-10-19)28-25(30)23-24(34-18(3)29)22(32-4)13-14-27-23/h5-7,9-10,13-14,16-17,20-21H,8,11-12,15H2,1-4H3,(H,28,30)/t16-,17-,20+,21-/m0/s1. The maximum atomic E-state index is 13.0. The molecule has 2 aromatic rings. The molecule has 1 aliphatic heterocycles. The van der Waals surface area contributed by atoms with Crippen LogP contribution in [0.15, 0.2) is 42.6 Å². The highest BCUT2D eigenvalue weighted by Gasteiger charge is 2.33. The summed E-state index contributed by atoms with van der Waals surface area (Å²) in [7, 11) is 1.40.